The van der Waals surface area contributed by atoms with Gasteiger partial charge in [-0.2, -0.15) is 0 Å². The lowest BCUT2D eigenvalue weighted by Crippen LogP contribution is -2.47. The molecule has 1 N–H and O–H groups in total. The Morgan fingerprint density at radius 1 is 1.10 bits per heavy atom. The summed E-state index contributed by atoms with van der Waals surface area (Å²) in [6.07, 6.45) is 0.0935. The number of aliphatic imine (C=N–C) groups is 1. The number of aryl methyl sites for hydroxylation is 1. The summed E-state index contributed by atoms with van der Waals surface area (Å²) in [4.78, 5) is 37.1. The van der Waals surface area contributed by atoms with Crippen molar-refractivity contribution < 1.29 is 32.2 Å². The van der Waals surface area contributed by atoms with Crippen LogP contribution in [0.4, 0.5) is 0 Å². The molecule has 0 bridgehead atoms. The van der Waals surface area contributed by atoms with Gasteiger partial charge in [-0.3, -0.25) is 9.71 Å². The van der Waals surface area contributed by atoms with Gasteiger partial charge in [-0.15, -0.1) is 0 Å². The number of carbonyl (C=O) groups excluding carboxylic acids is 2. The third kappa shape index (κ3) is 6.34. The Bertz CT molecular complexity index is 2440. The van der Waals surface area contributed by atoms with Crippen molar-refractivity contribution in [3.05, 3.63) is 117 Å². The van der Waals surface area contributed by atoms with Crippen LogP contribution in [0.2, 0.25) is 0 Å². The molecule has 2 aliphatic heterocycles. The summed E-state index contributed by atoms with van der Waals surface area (Å²) < 4.78 is 48.9. The minimum absolute atomic E-state index is 0.00401. The third-order valence-corrected chi connectivity index (χ3v) is 11.3. The number of fused-ring (bicyclic) bond motifs is 5. The number of nitrogens with zero attached hydrogens (tertiary/aromatic N) is 3. The van der Waals surface area contributed by atoms with Crippen LogP contribution >= 0.6 is 12.2 Å². The standard InChI is InChI=1S/C39H36N4O7S2/c1-5-39(31-20-33-35-27(19-26-8-6-7-9-32(26)41-35)21-43(33)36(51)30(31)22-49-38(39)45)50-37(44)24(3)40-34(18-25-12-14-28(48-4)15-13-25)42-52(46,47)29-16-10-23(2)11-17-29/h6-17,19-20,24H,5,18,21-22H2,1-4H3,(H,40,42)/t24?,39-/m0/s1. The first-order chi connectivity index (χ1) is 24.9. The molecule has 2 aliphatic rings. The van der Waals surface area contributed by atoms with Crippen LogP contribution in [0.1, 0.15) is 48.1 Å². The van der Waals surface area contributed by atoms with Gasteiger partial charge >= 0.3 is 11.9 Å². The van der Waals surface area contributed by atoms with Crippen LogP contribution in [0.25, 0.3) is 22.3 Å². The van der Waals surface area contributed by atoms with Gasteiger partial charge in [0.05, 0.1) is 35.5 Å². The molecule has 0 spiro atoms. The number of hydrogen-bond acceptors (Lipinski definition) is 10. The van der Waals surface area contributed by atoms with E-state index < -0.39 is 33.6 Å². The molecule has 2 atom stereocenters. The predicted octanol–water partition coefficient (Wildman–Crippen LogP) is 6.33. The lowest BCUT2D eigenvalue weighted by atomic mass is 9.85. The Morgan fingerprint density at radius 2 is 1.83 bits per heavy atom. The molecule has 0 amide bonds. The first-order valence-electron chi connectivity index (χ1n) is 16.8. The average molecular weight is 737 g/mol. The van der Waals surface area contributed by atoms with Crippen molar-refractivity contribution in [3.63, 3.8) is 0 Å². The maximum atomic E-state index is 14.0. The lowest BCUT2D eigenvalue weighted by molar-refractivity contribution is -0.190. The molecule has 0 fully saturated rings. The molecule has 2 aromatic heterocycles. The summed E-state index contributed by atoms with van der Waals surface area (Å²) in [5.74, 6) is -0.946. The zero-order valence-corrected chi connectivity index (χ0v) is 30.6. The minimum Gasteiger partial charge on any atom is -0.497 e. The van der Waals surface area contributed by atoms with Crippen molar-refractivity contribution in [3.8, 4) is 17.1 Å². The number of ether oxygens (including phenoxy) is 3. The van der Waals surface area contributed by atoms with E-state index in [1.807, 2.05) is 41.8 Å². The molecule has 3 aromatic carbocycles. The number of benzene rings is 3. The highest BCUT2D eigenvalue weighted by atomic mass is 32.2. The van der Waals surface area contributed by atoms with Crippen molar-refractivity contribution in [1.29, 1.82) is 0 Å². The second kappa shape index (κ2) is 13.6. The molecule has 0 aliphatic carbocycles. The van der Waals surface area contributed by atoms with Gasteiger partial charge in [-0.25, -0.2) is 23.0 Å². The number of pyridine rings is 2. The van der Waals surface area contributed by atoms with E-state index in [1.165, 1.54) is 19.1 Å². The van der Waals surface area contributed by atoms with E-state index in [4.69, 9.17) is 31.4 Å². The summed E-state index contributed by atoms with van der Waals surface area (Å²) in [7, 11) is -2.52. The van der Waals surface area contributed by atoms with Crippen molar-refractivity contribution >= 4 is 50.9 Å². The highest BCUT2D eigenvalue weighted by Crippen LogP contribution is 2.43. The highest BCUT2D eigenvalue weighted by Gasteiger charge is 2.50. The van der Waals surface area contributed by atoms with Gasteiger partial charge in [-0.1, -0.05) is 67.2 Å². The second-order valence-corrected chi connectivity index (χ2v) is 14.9. The molecule has 7 rings (SSSR count). The number of rotatable bonds is 9. The molecule has 11 nitrogen and oxygen atoms in total. The SMILES string of the molecule is CC[C@@]1(OC(=O)C(C)N=C(Cc2ccc(OC)cc2)NS(=O)(=O)c2ccc(C)cc2)C(=O)OCc2c1cc1n(c2=S)Cc2cc3ccccc3nc2-1. The van der Waals surface area contributed by atoms with Gasteiger partial charge in [0.2, 0.25) is 5.60 Å². The van der Waals surface area contributed by atoms with Gasteiger partial charge in [0.25, 0.3) is 10.0 Å². The molecule has 52 heavy (non-hydrogen) atoms. The Hall–Kier alpha value is -5.40. The second-order valence-electron chi connectivity index (χ2n) is 12.9. The van der Waals surface area contributed by atoms with Gasteiger partial charge in [-0.05, 0) is 68.3 Å². The number of sulfonamides is 1. The average Bonchev–Trinajstić information content (AvgIpc) is 3.49. The summed E-state index contributed by atoms with van der Waals surface area (Å²) >= 11 is 5.96. The van der Waals surface area contributed by atoms with Crippen LogP contribution in [0.5, 0.6) is 5.75 Å². The van der Waals surface area contributed by atoms with Crippen molar-refractivity contribution in [2.45, 2.75) is 63.3 Å². The predicted molar refractivity (Wildman–Crippen MR) is 198 cm³/mol. The number of nitrogens with one attached hydrogen (secondary N) is 1. The quantitative estimate of drug-likeness (QED) is 0.0782. The normalized spacial score (nSPS) is 17.1. The van der Waals surface area contributed by atoms with Crippen molar-refractivity contribution in [2.24, 2.45) is 4.99 Å². The summed E-state index contributed by atoms with van der Waals surface area (Å²) in [5.41, 5.74) is 4.06. The number of amidine groups is 1. The summed E-state index contributed by atoms with van der Waals surface area (Å²) in [6, 6.07) is 23.9. The molecular weight excluding hydrogens is 701 g/mol. The van der Waals surface area contributed by atoms with E-state index >= 15 is 0 Å². The highest BCUT2D eigenvalue weighted by molar-refractivity contribution is 7.90. The largest absolute Gasteiger partial charge is 0.497 e. The molecule has 0 saturated heterocycles. The van der Waals surface area contributed by atoms with Crippen LogP contribution in [0.15, 0.2) is 94.8 Å². The first kappa shape index (κ1) is 35.0. The summed E-state index contributed by atoms with van der Waals surface area (Å²) in [5, 5.41) is 1.00. The first-order valence-corrected chi connectivity index (χ1v) is 18.7. The zero-order chi connectivity index (χ0) is 36.8. The Labute approximate surface area is 306 Å². The Kier molecular flexibility index (Phi) is 9.17. The molecule has 1 unspecified atom stereocenters. The van der Waals surface area contributed by atoms with Crippen LogP contribution in [0, 0.1) is 11.6 Å². The zero-order valence-electron chi connectivity index (χ0n) is 29.0. The number of cyclic esters (lactones) is 1. The molecule has 4 heterocycles. The number of carbonyl (C=O) groups is 2. The topological polar surface area (TPSA) is 138 Å². The van der Waals surface area contributed by atoms with Crippen LogP contribution < -0.4 is 9.46 Å². The van der Waals surface area contributed by atoms with E-state index in [9.17, 15) is 18.0 Å². The third-order valence-electron chi connectivity index (χ3n) is 9.46. The van der Waals surface area contributed by atoms with E-state index in [0.717, 1.165) is 27.7 Å². The summed E-state index contributed by atoms with van der Waals surface area (Å²) in [6.45, 7) is 5.50. The van der Waals surface area contributed by atoms with Crippen LogP contribution in [-0.4, -0.2) is 48.9 Å². The van der Waals surface area contributed by atoms with Gasteiger partial charge in [0.1, 0.15) is 28.9 Å². The fraction of sp³-hybridized carbons (Fsp3) is 0.256. The molecule has 0 radical (unpaired) electrons. The number of hydrogen-bond donors (Lipinski definition) is 1. The molecule has 5 aromatic rings. The van der Waals surface area contributed by atoms with Gasteiger partial charge in [0.15, 0.2) is 0 Å². The van der Waals surface area contributed by atoms with Crippen LogP contribution in [0.3, 0.4) is 0 Å². The Morgan fingerprint density at radius 3 is 2.54 bits per heavy atom. The monoisotopic (exact) mass is 736 g/mol. The van der Waals surface area contributed by atoms with E-state index in [0.29, 0.717) is 39.3 Å². The van der Waals surface area contributed by atoms with Crippen molar-refractivity contribution in [2.75, 3.05) is 7.11 Å². The van der Waals surface area contributed by atoms with Gasteiger partial charge < -0.3 is 18.8 Å². The van der Waals surface area contributed by atoms with E-state index in [1.54, 1.807) is 50.4 Å². The van der Waals surface area contributed by atoms with E-state index in [2.05, 4.69) is 15.8 Å². The Balaban J connectivity index is 1.24. The minimum atomic E-state index is -4.07. The molecule has 0 saturated carbocycles. The number of aromatic nitrogens is 2. The van der Waals surface area contributed by atoms with Crippen LogP contribution in [-0.2, 0) is 54.3 Å². The van der Waals surface area contributed by atoms with Gasteiger partial charge in [0, 0.05) is 28.5 Å². The molecule has 13 heteroatoms. The smallest absolute Gasteiger partial charge is 0.355 e. The van der Waals surface area contributed by atoms with Crippen molar-refractivity contribution in [1.82, 2.24) is 14.3 Å². The maximum absolute atomic E-state index is 14.0. The number of esters is 2. The fourth-order valence-electron chi connectivity index (χ4n) is 6.60. The lowest BCUT2D eigenvalue weighted by Gasteiger charge is -2.36. The molecular formula is C39H36N4O7S2. The number of para-hydroxylation sites is 1. The maximum Gasteiger partial charge on any atom is 0.355 e. The number of methoxy groups -OCH3 is 1. The van der Waals surface area contributed by atoms with E-state index in [-0.39, 0.29) is 30.2 Å². The fourth-order valence-corrected chi connectivity index (χ4v) is 7.98. The molecule has 266 valence electrons.